The minimum atomic E-state index is -0.301. The number of nitrogens with one attached hydrogen (secondary N) is 1. The smallest absolute Gasteiger partial charge is 0.282 e. The molecule has 1 N–H and O–H groups in total. The summed E-state index contributed by atoms with van der Waals surface area (Å²) < 4.78 is 19.3. The molecule has 0 aliphatic heterocycles. The third-order valence-electron chi connectivity index (χ3n) is 7.61. The molecule has 0 saturated carbocycles. The van der Waals surface area contributed by atoms with Gasteiger partial charge in [-0.05, 0) is 107 Å². The summed E-state index contributed by atoms with van der Waals surface area (Å²) >= 11 is 3.57. The molecule has 242 valence electrons. The second-order valence-electron chi connectivity index (χ2n) is 11.3. The molecule has 0 aliphatic rings. The molecule has 0 fully saturated rings. The van der Waals surface area contributed by atoms with Gasteiger partial charge in [-0.25, -0.2) is 4.98 Å². The average molecular weight is 698 g/mol. The number of rotatable bonds is 11. The van der Waals surface area contributed by atoms with Gasteiger partial charge in [-0.2, -0.15) is 9.78 Å². The lowest BCUT2D eigenvalue weighted by Gasteiger charge is -2.17. The van der Waals surface area contributed by atoms with E-state index in [4.69, 9.17) is 19.2 Å². The highest BCUT2D eigenvalue weighted by Gasteiger charge is 2.19. The molecule has 0 bridgehead atoms. The van der Waals surface area contributed by atoms with Gasteiger partial charge < -0.3 is 19.5 Å². The normalized spacial score (nSPS) is 11.3. The lowest BCUT2D eigenvalue weighted by molar-refractivity contribution is -0.118. The van der Waals surface area contributed by atoms with Crippen LogP contribution in [-0.2, 0) is 4.79 Å². The number of benzene rings is 4. The number of halogens is 1. The van der Waals surface area contributed by atoms with E-state index in [1.54, 1.807) is 37.6 Å². The first kappa shape index (κ1) is 33.4. The fraction of sp³-hybridized carbons (Fsp3) is 0.243. The van der Waals surface area contributed by atoms with Crippen molar-refractivity contribution in [3.05, 3.63) is 110 Å². The first-order valence-corrected chi connectivity index (χ1v) is 16.1. The number of carbonyl (C=O) groups is 1. The molecular weight excluding hydrogens is 660 g/mol. The predicted molar refractivity (Wildman–Crippen MR) is 190 cm³/mol. The monoisotopic (exact) mass is 696 g/mol. The first-order valence-electron chi connectivity index (χ1n) is 15.3. The van der Waals surface area contributed by atoms with Crippen LogP contribution in [0.2, 0.25) is 0 Å². The summed E-state index contributed by atoms with van der Waals surface area (Å²) in [6.45, 7) is 10.1. The van der Waals surface area contributed by atoms with E-state index in [0.29, 0.717) is 44.9 Å². The number of carbonyl (C=O) groups excluding carboxylic acids is 1. The molecule has 0 saturated heterocycles. The maximum Gasteiger partial charge on any atom is 0.282 e. The number of ether oxygens (including phenoxy) is 3. The largest absolute Gasteiger partial charge is 0.496 e. The Labute approximate surface area is 282 Å². The van der Waals surface area contributed by atoms with E-state index in [2.05, 4.69) is 40.2 Å². The third-order valence-corrected chi connectivity index (χ3v) is 8.20. The zero-order valence-electron chi connectivity index (χ0n) is 27.3. The summed E-state index contributed by atoms with van der Waals surface area (Å²) in [6.07, 6.45) is 1.57. The van der Waals surface area contributed by atoms with Crippen LogP contribution in [0.1, 0.15) is 48.9 Å². The van der Waals surface area contributed by atoms with Gasteiger partial charge in [0.2, 0.25) is 0 Å². The number of fused-ring (bicyclic) bond motifs is 1. The number of nitrogens with zero attached hydrogens (tertiary/aromatic N) is 3. The van der Waals surface area contributed by atoms with E-state index in [1.807, 2.05) is 69.3 Å². The number of aromatic nitrogens is 2. The Bertz CT molecular complexity index is 2040. The maximum absolute atomic E-state index is 13.9. The fourth-order valence-corrected chi connectivity index (χ4v) is 5.77. The summed E-state index contributed by atoms with van der Waals surface area (Å²) in [4.78, 5) is 31.5. The summed E-state index contributed by atoms with van der Waals surface area (Å²) in [5.41, 5.74) is 5.26. The van der Waals surface area contributed by atoms with Gasteiger partial charge in [0.05, 0.1) is 35.3 Å². The van der Waals surface area contributed by atoms with Gasteiger partial charge in [-0.1, -0.05) is 44.2 Å². The molecule has 0 aliphatic carbocycles. The van der Waals surface area contributed by atoms with E-state index in [1.165, 1.54) is 4.68 Å². The number of para-hydroxylation sites is 2. The molecule has 1 heterocycles. The fourth-order valence-electron chi connectivity index (χ4n) is 5.20. The Balaban J connectivity index is 1.52. The molecule has 4 aromatic carbocycles. The van der Waals surface area contributed by atoms with Gasteiger partial charge in [0.1, 0.15) is 5.75 Å². The van der Waals surface area contributed by atoms with Gasteiger partial charge in [0.25, 0.3) is 11.5 Å². The zero-order valence-corrected chi connectivity index (χ0v) is 28.8. The van der Waals surface area contributed by atoms with Crippen molar-refractivity contribution in [1.29, 1.82) is 0 Å². The van der Waals surface area contributed by atoms with Crippen LogP contribution in [0.3, 0.4) is 0 Å². The zero-order chi connectivity index (χ0) is 33.7. The van der Waals surface area contributed by atoms with Crippen LogP contribution >= 0.6 is 15.9 Å². The van der Waals surface area contributed by atoms with E-state index >= 15 is 0 Å². The third kappa shape index (κ3) is 7.38. The highest BCUT2D eigenvalue weighted by atomic mass is 79.9. The molecule has 1 amide bonds. The van der Waals surface area contributed by atoms with E-state index in [-0.39, 0.29) is 24.0 Å². The first-order chi connectivity index (χ1) is 22.6. The van der Waals surface area contributed by atoms with Crippen molar-refractivity contribution >= 4 is 44.6 Å². The van der Waals surface area contributed by atoms with Crippen LogP contribution in [-0.4, -0.2) is 42.1 Å². The van der Waals surface area contributed by atoms with E-state index in [0.717, 1.165) is 33.7 Å². The van der Waals surface area contributed by atoms with Crippen molar-refractivity contribution in [2.45, 2.75) is 40.5 Å². The lowest BCUT2D eigenvalue weighted by Crippen LogP contribution is -2.21. The van der Waals surface area contributed by atoms with Gasteiger partial charge in [-0.3, -0.25) is 9.59 Å². The predicted octanol–water partition coefficient (Wildman–Crippen LogP) is 7.87. The van der Waals surface area contributed by atoms with Crippen molar-refractivity contribution in [2.75, 3.05) is 25.6 Å². The van der Waals surface area contributed by atoms with E-state index in [9.17, 15) is 9.59 Å². The average Bonchev–Trinajstić information content (AvgIpc) is 3.04. The Hall–Kier alpha value is -4.96. The van der Waals surface area contributed by atoms with Gasteiger partial charge >= 0.3 is 0 Å². The van der Waals surface area contributed by atoms with Gasteiger partial charge in [0, 0.05) is 11.3 Å². The second kappa shape index (κ2) is 14.6. The van der Waals surface area contributed by atoms with Crippen LogP contribution in [0.4, 0.5) is 5.69 Å². The summed E-state index contributed by atoms with van der Waals surface area (Å²) in [5, 5.41) is 7.99. The molecule has 10 heteroatoms. The van der Waals surface area contributed by atoms with Crippen molar-refractivity contribution in [3.8, 4) is 28.6 Å². The van der Waals surface area contributed by atoms with Crippen molar-refractivity contribution in [1.82, 2.24) is 9.66 Å². The topological polar surface area (TPSA) is 104 Å². The van der Waals surface area contributed by atoms with E-state index < -0.39 is 0 Å². The van der Waals surface area contributed by atoms with Crippen molar-refractivity contribution in [3.63, 3.8) is 0 Å². The Morgan fingerprint density at radius 1 is 1.00 bits per heavy atom. The van der Waals surface area contributed by atoms with Gasteiger partial charge in [-0.15, -0.1) is 0 Å². The molecular formula is C37H37BrN4O5. The minimum absolute atomic E-state index is 0.178. The molecule has 47 heavy (non-hydrogen) atoms. The number of anilines is 1. The Morgan fingerprint density at radius 2 is 1.74 bits per heavy atom. The standard InChI is InChI=1S/C37H37BrN4O5/c1-7-46-33-18-25(17-29(38)35(33)47-21-34(43)40-30-14-10-8-12-23(30)4)20-39-42-36(41-31-15-11-9-13-26(31)37(42)44)28-19-27(22(2)3)32(45-6)16-24(28)5/h8-20,22H,7,21H2,1-6H3,(H,40,43). The molecule has 0 radical (unpaired) electrons. The quantitative estimate of drug-likeness (QED) is 0.141. The van der Waals surface area contributed by atoms with Crippen molar-refractivity contribution in [2.24, 2.45) is 5.10 Å². The molecule has 5 rings (SSSR count). The van der Waals surface area contributed by atoms with Crippen LogP contribution in [0.25, 0.3) is 22.3 Å². The molecule has 1 aromatic heterocycles. The van der Waals surface area contributed by atoms with Gasteiger partial charge in [0.15, 0.2) is 23.9 Å². The number of hydrogen-bond donors (Lipinski definition) is 1. The number of amides is 1. The van der Waals surface area contributed by atoms with Crippen LogP contribution in [0.15, 0.2) is 87.2 Å². The molecule has 0 unspecified atom stereocenters. The summed E-state index contributed by atoms with van der Waals surface area (Å²) in [7, 11) is 1.65. The highest BCUT2D eigenvalue weighted by molar-refractivity contribution is 9.10. The van der Waals surface area contributed by atoms with Crippen LogP contribution in [0, 0.1) is 13.8 Å². The summed E-state index contributed by atoms with van der Waals surface area (Å²) in [5.74, 6) is 1.87. The number of methoxy groups -OCH3 is 1. The van der Waals surface area contributed by atoms with Crippen LogP contribution in [0.5, 0.6) is 17.2 Å². The van der Waals surface area contributed by atoms with Crippen LogP contribution < -0.4 is 25.1 Å². The minimum Gasteiger partial charge on any atom is -0.496 e. The summed E-state index contributed by atoms with van der Waals surface area (Å²) in [6, 6.07) is 22.3. The SMILES string of the molecule is CCOc1cc(C=Nn2c(-c3cc(C(C)C)c(OC)cc3C)nc3ccccc3c2=O)cc(Br)c1OCC(=O)Nc1ccccc1C. The number of hydrogen-bond acceptors (Lipinski definition) is 7. The second-order valence-corrected chi connectivity index (χ2v) is 12.1. The number of aryl methyl sites for hydroxylation is 2. The maximum atomic E-state index is 13.9. The molecule has 5 aromatic rings. The Kier molecular flexibility index (Phi) is 10.4. The Morgan fingerprint density at radius 3 is 2.47 bits per heavy atom. The molecule has 0 atom stereocenters. The molecule has 9 nitrogen and oxygen atoms in total. The molecule has 0 spiro atoms. The lowest BCUT2D eigenvalue weighted by atomic mass is 9.96. The highest BCUT2D eigenvalue weighted by Crippen LogP contribution is 2.37. The van der Waals surface area contributed by atoms with Crippen molar-refractivity contribution < 1.29 is 19.0 Å².